The molecule has 0 amide bonds. The number of imidazole rings is 1. The van der Waals surface area contributed by atoms with Gasteiger partial charge < -0.3 is 30.7 Å². The van der Waals surface area contributed by atoms with Crippen LogP contribution >= 0.6 is 23.4 Å². The third-order valence-electron chi connectivity index (χ3n) is 5.96. The number of nitrogens with two attached hydrogens (primary N) is 1. The van der Waals surface area contributed by atoms with Gasteiger partial charge in [-0.25, -0.2) is 4.98 Å². The average molecular weight is 493 g/mol. The first-order chi connectivity index (χ1) is 16.0. The molecule has 2 aromatic heterocycles. The fraction of sp³-hybridized carbons (Fsp3) is 0.476. The first-order valence-electron chi connectivity index (χ1n) is 10.8. The van der Waals surface area contributed by atoms with Gasteiger partial charge in [-0.2, -0.15) is 9.97 Å². The molecule has 0 aliphatic carbocycles. The van der Waals surface area contributed by atoms with Crippen LogP contribution in [0.15, 0.2) is 34.3 Å². The Hall–Kier alpha value is -2.15. The third-order valence-corrected chi connectivity index (χ3v) is 7.19. The van der Waals surface area contributed by atoms with Crippen LogP contribution in [0.25, 0.3) is 11.2 Å². The number of rotatable bonds is 5. The van der Waals surface area contributed by atoms with Gasteiger partial charge in [-0.15, -0.1) is 0 Å². The van der Waals surface area contributed by atoms with Gasteiger partial charge in [-0.05, 0) is 43.5 Å². The van der Waals surface area contributed by atoms with Crippen molar-refractivity contribution >= 4 is 46.3 Å². The number of fused-ring (bicyclic) bond motifs is 1. The molecule has 10 nitrogen and oxygen atoms in total. The highest BCUT2D eigenvalue weighted by Crippen LogP contribution is 2.40. The summed E-state index contributed by atoms with van der Waals surface area (Å²) in [5, 5.41) is 31.8. The van der Waals surface area contributed by atoms with Crippen molar-refractivity contribution in [2.24, 2.45) is 0 Å². The zero-order valence-electron chi connectivity index (χ0n) is 17.7. The quantitative estimate of drug-likeness (QED) is 0.416. The molecule has 12 heteroatoms. The molecule has 1 aromatic carbocycles. The molecule has 33 heavy (non-hydrogen) atoms. The molecule has 4 heterocycles. The minimum Gasteiger partial charge on any atom is -0.394 e. The topological polar surface area (TPSA) is 143 Å². The second-order valence-corrected chi connectivity index (χ2v) is 9.65. The smallest absolute Gasteiger partial charge is 0.224 e. The second kappa shape index (κ2) is 9.24. The van der Waals surface area contributed by atoms with Crippen LogP contribution in [0.4, 0.5) is 11.8 Å². The summed E-state index contributed by atoms with van der Waals surface area (Å²) in [7, 11) is 0. The maximum atomic E-state index is 10.8. The van der Waals surface area contributed by atoms with Crippen LogP contribution in [0.2, 0.25) is 5.02 Å². The third kappa shape index (κ3) is 4.25. The Labute approximate surface area is 199 Å². The van der Waals surface area contributed by atoms with Crippen molar-refractivity contribution < 1.29 is 20.1 Å². The molecule has 0 bridgehead atoms. The summed E-state index contributed by atoms with van der Waals surface area (Å²) in [6, 6.07) is 7.28. The van der Waals surface area contributed by atoms with Crippen molar-refractivity contribution in [3.8, 4) is 0 Å². The summed E-state index contributed by atoms with van der Waals surface area (Å²) in [5.41, 5.74) is 7.03. The van der Waals surface area contributed by atoms with E-state index in [0.717, 1.165) is 37.2 Å². The number of aromatic nitrogens is 4. The van der Waals surface area contributed by atoms with Crippen LogP contribution in [0.3, 0.4) is 0 Å². The largest absolute Gasteiger partial charge is 0.394 e. The van der Waals surface area contributed by atoms with Gasteiger partial charge in [0, 0.05) is 23.0 Å². The van der Waals surface area contributed by atoms with E-state index in [4.69, 9.17) is 27.1 Å². The number of aliphatic hydroxyl groups excluding tert-OH is 3. The second-order valence-electron chi connectivity index (χ2n) is 8.17. The van der Waals surface area contributed by atoms with E-state index in [0.29, 0.717) is 27.2 Å². The first-order valence-corrected chi connectivity index (χ1v) is 12.0. The summed E-state index contributed by atoms with van der Waals surface area (Å²) in [5.74, 6) is 0.722. The predicted octanol–water partition coefficient (Wildman–Crippen LogP) is 1.81. The van der Waals surface area contributed by atoms with Gasteiger partial charge >= 0.3 is 0 Å². The van der Waals surface area contributed by atoms with Gasteiger partial charge in [0.25, 0.3) is 0 Å². The van der Waals surface area contributed by atoms with E-state index in [2.05, 4.69) is 14.9 Å². The highest BCUT2D eigenvalue weighted by Gasteiger charge is 2.45. The molecule has 2 aliphatic rings. The Bertz CT molecular complexity index is 1140. The Kier molecular flexibility index (Phi) is 6.34. The number of anilines is 2. The molecule has 0 saturated carbocycles. The van der Waals surface area contributed by atoms with E-state index in [-0.39, 0.29) is 5.95 Å². The molecular weight excluding hydrogens is 468 g/mol. The van der Waals surface area contributed by atoms with Crippen LogP contribution in [-0.4, -0.2) is 72.8 Å². The zero-order chi connectivity index (χ0) is 23.1. The van der Waals surface area contributed by atoms with E-state index in [9.17, 15) is 15.3 Å². The molecule has 0 unspecified atom stereocenters. The van der Waals surface area contributed by atoms with Crippen molar-refractivity contribution in [1.82, 2.24) is 19.5 Å². The molecule has 4 atom stereocenters. The van der Waals surface area contributed by atoms with E-state index in [1.54, 1.807) is 16.7 Å². The number of aliphatic hydroxyl groups is 3. The minimum absolute atomic E-state index is 0.0824. The Balaban J connectivity index is 1.66. The van der Waals surface area contributed by atoms with Crippen molar-refractivity contribution in [2.75, 3.05) is 30.3 Å². The Morgan fingerprint density at radius 2 is 1.79 bits per heavy atom. The monoisotopic (exact) mass is 492 g/mol. The standard InChI is InChI=1S/C21H25ClN6O4S/c22-11-4-6-12(7-5-11)33-21-24-14-17(27-8-2-1-3-9-27)25-20(23)26-18(14)28(21)19-16(31)15(30)13(10-29)32-19/h4-7,13,15-16,19,29-31H,1-3,8-10H2,(H2,23,25,26)/t13-,15-,16-,19-/m1/s1. The molecule has 0 radical (unpaired) electrons. The average Bonchev–Trinajstić information content (AvgIpc) is 3.31. The molecule has 2 aliphatic heterocycles. The van der Waals surface area contributed by atoms with E-state index < -0.39 is 31.1 Å². The molecule has 0 spiro atoms. The van der Waals surface area contributed by atoms with Crippen LogP contribution in [0.1, 0.15) is 25.5 Å². The first kappa shape index (κ1) is 22.6. The maximum absolute atomic E-state index is 10.8. The number of nitrogens with zero attached hydrogens (tertiary/aromatic N) is 5. The number of piperidine rings is 1. The van der Waals surface area contributed by atoms with Gasteiger partial charge in [0.1, 0.15) is 18.3 Å². The molecule has 5 rings (SSSR count). The maximum Gasteiger partial charge on any atom is 0.224 e. The molecule has 3 aromatic rings. The molecule has 2 saturated heterocycles. The van der Waals surface area contributed by atoms with Crippen molar-refractivity contribution in [3.05, 3.63) is 29.3 Å². The van der Waals surface area contributed by atoms with Crippen LogP contribution < -0.4 is 10.6 Å². The van der Waals surface area contributed by atoms with E-state index >= 15 is 0 Å². The number of nitrogen functional groups attached to an aromatic ring is 1. The van der Waals surface area contributed by atoms with Gasteiger partial charge in [-0.1, -0.05) is 23.4 Å². The zero-order valence-corrected chi connectivity index (χ0v) is 19.3. The Morgan fingerprint density at radius 1 is 1.06 bits per heavy atom. The lowest BCUT2D eigenvalue weighted by molar-refractivity contribution is -0.0548. The fourth-order valence-electron chi connectivity index (χ4n) is 4.28. The van der Waals surface area contributed by atoms with Gasteiger partial charge in [-0.3, -0.25) is 4.57 Å². The van der Waals surface area contributed by atoms with Gasteiger partial charge in [0.15, 0.2) is 28.4 Å². The highest BCUT2D eigenvalue weighted by molar-refractivity contribution is 7.99. The molecular formula is C21H25ClN6O4S. The summed E-state index contributed by atoms with van der Waals surface area (Å²) < 4.78 is 7.46. The number of hydrogen-bond donors (Lipinski definition) is 4. The normalized spacial score (nSPS) is 25.8. The fourth-order valence-corrected chi connectivity index (χ4v) is 5.32. The summed E-state index contributed by atoms with van der Waals surface area (Å²) in [6.45, 7) is 1.25. The lowest BCUT2D eigenvalue weighted by Gasteiger charge is -2.27. The van der Waals surface area contributed by atoms with E-state index in [1.807, 2.05) is 12.1 Å². The molecule has 2 fully saturated rings. The lowest BCUT2D eigenvalue weighted by Crippen LogP contribution is -2.33. The van der Waals surface area contributed by atoms with E-state index in [1.165, 1.54) is 11.8 Å². The van der Waals surface area contributed by atoms with Crippen molar-refractivity contribution in [3.63, 3.8) is 0 Å². The van der Waals surface area contributed by atoms with Gasteiger partial charge in [0.2, 0.25) is 5.95 Å². The molecule has 5 N–H and O–H groups in total. The predicted molar refractivity (Wildman–Crippen MR) is 124 cm³/mol. The van der Waals surface area contributed by atoms with Crippen molar-refractivity contribution in [2.45, 2.75) is 53.9 Å². The lowest BCUT2D eigenvalue weighted by atomic mass is 10.1. The number of hydrogen-bond acceptors (Lipinski definition) is 10. The Morgan fingerprint density at radius 3 is 2.45 bits per heavy atom. The molecule has 176 valence electrons. The summed E-state index contributed by atoms with van der Waals surface area (Å²) in [6.07, 6.45) is -1.24. The summed E-state index contributed by atoms with van der Waals surface area (Å²) >= 11 is 7.37. The number of ether oxygens (including phenoxy) is 1. The summed E-state index contributed by atoms with van der Waals surface area (Å²) in [4.78, 5) is 16.8. The SMILES string of the molecule is Nc1nc(N2CCCCC2)c2nc(Sc3ccc(Cl)cc3)n([C@@H]3O[C@H](CO)[C@@H](O)[C@H]3O)c2n1. The minimum atomic E-state index is -1.29. The van der Waals surface area contributed by atoms with Crippen LogP contribution in [0, 0.1) is 0 Å². The highest BCUT2D eigenvalue weighted by atomic mass is 35.5. The van der Waals surface area contributed by atoms with Crippen LogP contribution in [-0.2, 0) is 4.74 Å². The van der Waals surface area contributed by atoms with Crippen LogP contribution in [0.5, 0.6) is 0 Å². The van der Waals surface area contributed by atoms with Gasteiger partial charge in [0.05, 0.1) is 6.61 Å². The van der Waals surface area contributed by atoms with Crippen molar-refractivity contribution in [1.29, 1.82) is 0 Å². The number of halogens is 1. The number of benzene rings is 1.